The minimum atomic E-state index is -0.317. The summed E-state index contributed by atoms with van der Waals surface area (Å²) in [5, 5.41) is 6.54. The summed E-state index contributed by atoms with van der Waals surface area (Å²) in [5.41, 5.74) is 5.61. The molecule has 0 heterocycles. The number of benzene rings is 5. The molecule has 5 aromatic rings. The average molecular weight is 585 g/mol. The Morgan fingerprint density at radius 1 is 0.780 bits per heavy atom. The zero-order valence-electron chi connectivity index (χ0n) is 22.1. The van der Waals surface area contributed by atoms with Crippen LogP contribution in [0.5, 0.6) is 17.2 Å². The summed E-state index contributed by atoms with van der Waals surface area (Å²) in [6.45, 7) is 0.643. The predicted molar refractivity (Wildman–Crippen MR) is 164 cm³/mol. The van der Waals surface area contributed by atoms with Crippen LogP contribution in [0.25, 0.3) is 10.8 Å². The highest BCUT2D eigenvalue weighted by Gasteiger charge is 2.13. The summed E-state index contributed by atoms with van der Waals surface area (Å²) in [5.74, 6) is 1.25. The van der Waals surface area contributed by atoms with Gasteiger partial charge in [0.15, 0.2) is 17.2 Å². The monoisotopic (exact) mass is 584 g/mol. The molecular formula is C33H26Cl2N2O4. The number of hydrogen-bond acceptors (Lipinski definition) is 5. The predicted octanol–water partition coefficient (Wildman–Crippen LogP) is 8.08. The molecule has 0 aliphatic rings. The van der Waals surface area contributed by atoms with Crippen LogP contribution in [-0.4, -0.2) is 19.2 Å². The van der Waals surface area contributed by atoms with E-state index in [1.807, 2.05) is 84.9 Å². The van der Waals surface area contributed by atoms with Crippen LogP contribution >= 0.6 is 23.2 Å². The Kier molecular flexibility index (Phi) is 9.04. The van der Waals surface area contributed by atoms with Crippen molar-refractivity contribution in [3.63, 3.8) is 0 Å². The summed E-state index contributed by atoms with van der Waals surface area (Å²) in [6.07, 6.45) is 1.48. The molecule has 0 radical (unpaired) electrons. The molecule has 1 amide bonds. The molecule has 0 spiro atoms. The fourth-order valence-corrected chi connectivity index (χ4v) is 4.87. The van der Waals surface area contributed by atoms with E-state index in [9.17, 15) is 4.79 Å². The van der Waals surface area contributed by atoms with Gasteiger partial charge < -0.3 is 14.2 Å². The smallest absolute Gasteiger partial charge is 0.271 e. The first kappa shape index (κ1) is 28.0. The highest BCUT2D eigenvalue weighted by Crippen LogP contribution is 2.35. The lowest BCUT2D eigenvalue weighted by Gasteiger charge is -2.14. The lowest BCUT2D eigenvalue weighted by Crippen LogP contribution is -2.17. The Morgan fingerprint density at radius 2 is 1.49 bits per heavy atom. The zero-order valence-corrected chi connectivity index (χ0v) is 23.7. The number of amides is 1. The second-order valence-electron chi connectivity index (χ2n) is 9.09. The molecule has 0 saturated carbocycles. The molecule has 0 aliphatic heterocycles. The average Bonchev–Trinajstić information content (AvgIpc) is 3.00. The number of methoxy groups -OCH3 is 1. The molecule has 0 bridgehead atoms. The van der Waals surface area contributed by atoms with Crippen LogP contribution in [-0.2, 0) is 13.2 Å². The minimum absolute atomic E-state index is 0.212. The summed E-state index contributed by atoms with van der Waals surface area (Å²) in [4.78, 5) is 12.7. The largest absolute Gasteiger partial charge is 0.493 e. The van der Waals surface area contributed by atoms with Crippen molar-refractivity contribution in [2.75, 3.05) is 7.11 Å². The highest BCUT2D eigenvalue weighted by atomic mass is 35.5. The van der Waals surface area contributed by atoms with E-state index in [0.29, 0.717) is 45.0 Å². The van der Waals surface area contributed by atoms with E-state index in [1.54, 1.807) is 25.3 Å². The van der Waals surface area contributed by atoms with Crippen molar-refractivity contribution in [1.82, 2.24) is 5.43 Å². The SMILES string of the molecule is COc1cc(COc2c(Cl)cc(/C=N/NC(=O)c3cccc4ccccc34)cc2Cl)ccc1OCc1ccccc1. The van der Waals surface area contributed by atoms with Gasteiger partial charge in [0.05, 0.1) is 23.4 Å². The van der Waals surface area contributed by atoms with Crippen molar-refractivity contribution in [2.45, 2.75) is 13.2 Å². The van der Waals surface area contributed by atoms with Gasteiger partial charge in [-0.2, -0.15) is 5.10 Å². The Balaban J connectivity index is 1.21. The van der Waals surface area contributed by atoms with Gasteiger partial charge in [-0.05, 0) is 57.8 Å². The third-order valence-corrected chi connectivity index (χ3v) is 6.84. The maximum absolute atomic E-state index is 12.7. The molecule has 0 saturated heterocycles. The van der Waals surface area contributed by atoms with E-state index in [4.69, 9.17) is 37.4 Å². The number of fused-ring (bicyclic) bond motifs is 1. The van der Waals surface area contributed by atoms with Gasteiger partial charge in [-0.1, -0.05) is 96.0 Å². The number of hydrogen-bond donors (Lipinski definition) is 1. The van der Waals surface area contributed by atoms with Gasteiger partial charge in [0.2, 0.25) is 0 Å². The van der Waals surface area contributed by atoms with Gasteiger partial charge in [-0.3, -0.25) is 4.79 Å². The maximum atomic E-state index is 12.7. The van der Waals surface area contributed by atoms with Crippen molar-refractivity contribution in [3.8, 4) is 17.2 Å². The van der Waals surface area contributed by atoms with E-state index in [2.05, 4.69) is 10.5 Å². The first-order valence-corrected chi connectivity index (χ1v) is 13.5. The Hall–Kier alpha value is -4.52. The molecular weight excluding hydrogens is 559 g/mol. The van der Waals surface area contributed by atoms with Gasteiger partial charge in [0, 0.05) is 5.56 Å². The van der Waals surface area contributed by atoms with Crippen LogP contribution in [0.15, 0.2) is 108 Å². The molecule has 0 aromatic heterocycles. The normalized spacial score (nSPS) is 11.0. The second-order valence-corrected chi connectivity index (χ2v) is 9.90. The van der Waals surface area contributed by atoms with Crippen molar-refractivity contribution in [3.05, 3.63) is 135 Å². The number of carbonyl (C=O) groups is 1. The van der Waals surface area contributed by atoms with E-state index in [-0.39, 0.29) is 12.5 Å². The van der Waals surface area contributed by atoms with E-state index in [0.717, 1.165) is 21.9 Å². The summed E-state index contributed by atoms with van der Waals surface area (Å²) < 4.78 is 17.4. The van der Waals surface area contributed by atoms with Gasteiger partial charge in [-0.25, -0.2) is 5.43 Å². The van der Waals surface area contributed by atoms with Crippen molar-refractivity contribution in [2.24, 2.45) is 5.10 Å². The summed E-state index contributed by atoms with van der Waals surface area (Å²) in [6, 6.07) is 32.0. The molecule has 0 fully saturated rings. The second kappa shape index (κ2) is 13.2. The number of nitrogens with zero attached hydrogens (tertiary/aromatic N) is 1. The summed E-state index contributed by atoms with van der Waals surface area (Å²) >= 11 is 13.0. The Bertz CT molecular complexity index is 1680. The maximum Gasteiger partial charge on any atom is 0.271 e. The quantitative estimate of drug-likeness (QED) is 0.133. The fourth-order valence-electron chi connectivity index (χ4n) is 4.25. The molecule has 41 heavy (non-hydrogen) atoms. The summed E-state index contributed by atoms with van der Waals surface area (Å²) in [7, 11) is 1.59. The van der Waals surface area contributed by atoms with E-state index < -0.39 is 0 Å². The molecule has 206 valence electrons. The first-order valence-electron chi connectivity index (χ1n) is 12.8. The van der Waals surface area contributed by atoms with Gasteiger partial charge in [0.1, 0.15) is 13.2 Å². The minimum Gasteiger partial charge on any atom is -0.493 e. The number of carbonyl (C=O) groups excluding carboxylic acids is 1. The highest BCUT2D eigenvalue weighted by molar-refractivity contribution is 6.37. The van der Waals surface area contributed by atoms with Crippen LogP contribution in [0.1, 0.15) is 27.0 Å². The third kappa shape index (κ3) is 6.98. The molecule has 0 unspecified atom stereocenters. The molecule has 0 aliphatic carbocycles. The standard InChI is InChI=1S/C33H26Cl2N2O4/c1-39-31-18-23(14-15-30(31)40-20-22-8-3-2-4-9-22)21-41-32-28(34)16-24(17-29(32)35)19-36-37-33(38)27-13-7-11-25-10-5-6-12-26(25)27/h2-19H,20-21H2,1H3,(H,37,38)/b36-19+. The third-order valence-electron chi connectivity index (χ3n) is 6.28. The molecule has 1 N–H and O–H groups in total. The molecule has 5 aromatic carbocycles. The molecule has 5 rings (SSSR count). The first-order chi connectivity index (χ1) is 20.0. The van der Waals surface area contributed by atoms with Crippen LogP contribution in [0.3, 0.4) is 0 Å². The van der Waals surface area contributed by atoms with Crippen LogP contribution in [0.2, 0.25) is 10.0 Å². The van der Waals surface area contributed by atoms with Crippen LogP contribution in [0, 0.1) is 0 Å². The van der Waals surface area contributed by atoms with E-state index in [1.165, 1.54) is 6.21 Å². The number of halogens is 2. The number of rotatable bonds is 10. The topological polar surface area (TPSA) is 69.2 Å². The van der Waals surface area contributed by atoms with Crippen molar-refractivity contribution >= 4 is 46.1 Å². The number of nitrogens with one attached hydrogen (secondary N) is 1. The van der Waals surface area contributed by atoms with E-state index >= 15 is 0 Å². The number of ether oxygens (including phenoxy) is 3. The lowest BCUT2D eigenvalue weighted by atomic mass is 10.0. The van der Waals surface area contributed by atoms with Crippen molar-refractivity contribution in [1.29, 1.82) is 0 Å². The van der Waals surface area contributed by atoms with Gasteiger partial charge in [-0.15, -0.1) is 0 Å². The van der Waals surface area contributed by atoms with Gasteiger partial charge >= 0.3 is 0 Å². The number of hydrazone groups is 1. The molecule has 8 heteroatoms. The van der Waals surface area contributed by atoms with Gasteiger partial charge in [0.25, 0.3) is 5.91 Å². The van der Waals surface area contributed by atoms with Crippen LogP contribution in [0.4, 0.5) is 0 Å². The van der Waals surface area contributed by atoms with Crippen molar-refractivity contribution < 1.29 is 19.0 Å². The molecule has 6 nitrogen and oxygen atoms in total. The lowest BCUT2D eigenvalue weighted by molar-refractivity contribution is 0.0957. The van der Waals surface area contributed by atoms with Crippen LogP contribution < -0.4 is 19.6 Å². The molecule has 0 atom stereocenters. The Morgan fingerprint density at radius 3 is 2.27 bits per heavy atom. The zero-order chi connectivity index (χ0) is 28.6. The Labute approximate surface area is 248 Å². The fraction of sp³-hybridized carbons (Fsp3) is 0.0909.